The van der Waals surface area contributed by atoms with E-state index in [4.69, 9.17) is 0 Å². The zero-order valence-corrected chi connectivity index (χ0v) is 8.91. The number of aromatic nitrogens is 2. The molecule has 4 nitrogen and oxygen atoms in total. The smallest absolute Gasteiger partial charge is 0.116 e. The van der Waals surface area contributed by atoms with Crippen LogP contribution in [0.5, 0.6) is 11.5 Å². The topological polar surface area (TPSA) is 58.3 Å². The third-order valence-corrected chi connectivity index (χ3v) is 2.65. The summed E-state index contributed by atoms with van der Waals surface area (Å²) in [4.78, 5) is 0. The zero-order valence-electron chi connectivity index (χ0n) is 8.91. The highest BCUT2D eigenvalue weighted by molar-refractivity contribution is 5.81. The van der Waals surface area contributed by atoms with Crippen LogP contribution in [0.3, 0.4) is 0 Å². The molecule has 0 bridgehead atoms. The molecule has 0 saturated heterocycles. The van der Waals surface area contributed by atoms with Gasteiger partial charge in [0.25, 0.3) is 0 Å². The second kappa shape index (κ2) is 3.52. The molecule has 0 aliphatic carbocycles. The summed E-state index contributed by atoms with van der Waals surface area (Å²) in [5.74, 6) is 0.450. The van der Waals surface area contributed by atoms with Crippen molar-refractivity contribution in [2.24, 2.45) is 0 Å². The van der Waals surface area contributed by atoms with Gasteiger partial charge >= 0.3 is 0 Å². The fourth-order valence-electron chi connectivity index (χ4n) is 1.82. The van der Waals surface area contributed by atoms with Crippen molar-refractivity contribution in [2.75, 3.05) is 0 Å². The Labute approximate surface area is 97.4 Å². The fraction of sp³-hybridized carbons (Fsp3) is 0. The Morgan fingerprint density at radius 2 is 1.59 bits per heavy atom. The minimum absolute atomic E-state index is 0.225. The largest absolute Gasteiger partial charge is 0.508 e. The van der Waals surface area contributed by atoms with E-state index in [9.17, 15) is 10.2 Å². The summed E-state index contributed by atoms with van der Waals surface area (Å²) in [7, 11) is 0. The van der Waals surface area contributed by atoms with Crippen molar-refractivity contribution >= 4 is 10.9 Å². The first-order chi connectivity index (χ1) is 8.24. The molecule has 1 heterocycles. The van der Waals surface area contributed by atoms with Crippen molar-refractivity contribution in [3.63, 3.8) is 0 Å². The normalized spacial score (nSPS) is 10.8. The van der Waals surface area contributed by atoms with Crippen LogP contribution in [0.15, 0.2) is 48.7 Å². The molecule has 3 aromatic rings. The van der Waals surface area contributed by atoms with Gasteiger partial charge in [-0.1, -0.05) is 0 Å². The van der Waals surface area contributed by atoms with E-state index in [0.717, 1.165) is 16.6 Å². The Morgan fingerprint density at radius 3 is 2.35 bits per heavy atom. The molecule has 2 aromatic carbocycles. The van der Waals surface area contributed by atoms with E-state index in [2.05, 4.69) is 5.10 Å². The van der Waals surface area contributed by atoms with Crippen LogP contribution >= 0.6 is 0 Å². The highest BCUT2D eigenvalue weighted by atomic mass is 16.3. The Kier molecular flexibility index (Phi) is 2.01. The van der Waals surface area contributed by atoms with Gasteiger partial charge in [0.2, 0.25) is 0 Å². The molecule has 0 unspecified atom stereocenters. The lowest BCUT2D eigenvalue weighted by Crippen LogP contribution is -1.94. The minimum atomic E-state index is 0.225. The van der Waals surface area contributed by atoms with Crippen molar-refractivity contribution < 1.29 is 10.2 Å². The average Bonchev–Trinajstić information content (AvgIpc) is 2.73. The van der Waals surface area contributed by atoms with E-state index in [1.807, 2.05) is 6.07 Å². The van der Waals surface area contributed by atoms with Crippen LogP contribution in [0.2, 0.25) is 0 Å². The summed E-state index contributed by atoms with van der Waals surface area (Å²) < 4.78 is 1.76. The van der Waals surface area contributed by atoms with Gasteiger partial charge in [-0.3, -0.25) is 0 Å². The Balaban J connectivity index is 2.21. The van der Waals surface area contributed by atoms with Gasteiger partial charge in [0.15, 0.2) is 0 Å². The molecule has 0 fully saturated rings. The van der Waals surface area contributed by atoms with E-state index >= 15 is 0 Å². The molecule has 3 rings (SSSR count). The molecular weight excluding hydrogens is 216 g/mol. The third kappa shape index (κ3) is 1.59. The zero-order chi connectivity index (χ0) is 11.8. The number of hydrogen-bond acceptors (Lipinski definition) is 3. The molecule has 0 amide bonds. The third-order valence-electron chi connectivity index (χ3n) is 2.65. The minimum Gasteiger partial charge on any atom is -0.508 e. The summed E-state index contributed by atoms with van der Waals surface area (Å²) in [6.07, 6.45) is 1.70. The van der Waals surface area contributed by atoms with Crippen molar-refractivity contribution in [1.82, 2.24) is 9.78 Å². The van der Waals surface area contributed by atoms with Gasteiger partial charge < -0.3 is 10.2 Å². The monoisotopic (exact) mass is 226 g/mol. The van der Waals surface area contributed by atoms with Crippen molar-refractivity contribution in [3.8, 4) is 17.2 Å². The van der Waals surface area contributed by atoms with Gasteiger partial charge in [0.1, 0.15) is 11.5 Å². The number of fused-ring (bicyclic) bond motifs is 1. The first-order valence-corrected chi connectivity index (χ1v) is 5.20. The Hall–Kier alpha value is -2.49. The lowest BCUT2D eigenvalue weighted by molar-refractivity contribution is 0.475. The van der Waals surface area contributed by atoms with E-state index in [0.29, 0.717) is 0 Å². The molecule has 0 aliphatic rings. The van der Waals surface area contributed by atoms with Gasteiger partial charge in [-0.15, -0.1) is 0 Å². The van der Waals surface area contributed by atoms with Crippen molar-refractivity contribution in [2.45, 2.75) is 0 Å². The van der Waals surface area contributed by atoms with Crippen LogP contribution in [-0.4, -0.2) is 20.0 Å². The number of hydrogen-bond donors (Lipinski definition) is 2. The standard InChI is InChI=1S/C13H10N2O2/c16-11-3-1-10(2-4-11)15-13-6-5-12(17)7-9(13)8-14-15/h1-8,16-17H. The summed E-state index contributed by atoms with van der Waals surface area (Å²) in [5.41, 5.74) is 1.77. The van der Waals surface area contributed by atoms with E-state index < -0.39 is 0 Å². The highest BCUT2D eigenvalue weighted by Crippen LogP contribution is 2.23. The van der Waals surface area contributed by atoms with Gasteiger partial charge in [-0.2, -0.15) is 5.10 Å². The molecular formula is C13H10N2O2. The number of phenolic OH excluding ortho intramolecular Hbond substituents is 2. The molecule has 0 atom stereocenters. The summed E-state index contributed by atoms with van der Waals surface area (Å²) >= 11 is 0. The molecule has 4 heteroatoms. The molecule has 17 heavy (non-hydrogen) atoms. The fourth-order valence-corrected chi connectivity index (χ4v) is 1.82. The van der Waals surface area contributed by atoms with Crippen molar-refractivity contribution in [1.29, 1.82) is 0 Å². The Morgan fingerprint density at radius 1 is 0.882 bits per heavy atom. The van der Waals surface area contributed by atoms with Crippen molar-refractivity contribution in [3.05, 3.63) is 48.7 Å². The first-order valence-electron chi connectivity index (χ1n) is 5.20. The molecule has 1 aromatic heterocycles. The van der Waals surface area contributed by atoms with E-state index in [1.165, 1.54) is 0 Å². The lowest BCUT2D eigenvalue weighted by atomic mass is 10.2. The Bertz CT molecular complexity index is 671. The number of nitrogens with zero attached hydrogens (tertiary/aromatic N) is 2. The SMILES string of the molecule is Oc1ccc(-n2ncc3cc(O)ccc32)cc1. The predicted molar refractivity (Wildman–Crippen MR) is 64.4 cm³/mol. The quantitative estimate of drug-likeness (QED) is 0.670. The number of benzene rings is 2. The molecule has 0 aliphatic heterocycles. The molecule has 0 spiro atoms. The molecule has 84 valence electrons. The number of phenols is 2. The maximum absolute atomic E-state index is 9.38. The van der Waals surface area contributed by atoms with Crippen LogP contribution in [0.25, 0.3) is 16.6 Å². The number of aromatic hydroxyl groups is 2. The first kappa shape index (κ1) is 9.72. The van der Waals surface area contributed by atoms with Gasteiger partial charge in [-0.25, -0.2) is 4.68 Å². The van der Waals surface area contributed by atoms with E-state index in [-0.39, 0.29) is 11.5 Å². The maximum Gasteiger partial charge on any atom is 0.116 e. The average molecular weight is 226 g/mol. The predicted octanol–water partition coefficient (Wildman–Crippen LogP) is 2.44. The highest BCUT2D eigenvalue weighted by Gasteiger charge is 2.05. The van der Waals surface area contributed by atoms with Crippen LogP contribution in [-0.2, 0) is 0 Å². The van der Waals surface area contributed by atoms with Crippen LogP contribution in [0.4, 0.5) is 0 Å². The second-order valence-corrected chi connectivity index (χ2v) is 3.82. The molecule has 0 saturated carbocycles. The molecule has 2 N–H and O–H groups in total. The summed E-state index contributed by atoms with van der Waals surface area (Å²) in [6, 6.07) is 11.9. The summed E-state index contributed by atoms with van der Waals surface area (Å²) in [5, 5.41) is 23.8. The van der Waals surface area contributed by atoms with Crippen LogP contribution < -0.4 is 0 Å². The van der Waals surface area contributed by atoms with Crippen LogP contribution in [0.1, 0.15) is 0 Å². The van der Waals surface area contributed by atoms with Gasteiger partial charge in [0, 0.05) is 5.39 Å². The lowest BCUT2D eigenvalue weighted by Gasteiger charge is -2.03. The van der Waals surface area contributed by atoms with E-state index in [1.54, 1.807) is 47.3 Å². The van der Waals surface area contributed by atoms with Gasteiger partial charge in [-0.05, 0) is 42.5 Å². The van der Waals surface area contributed by atoms with Crippen LogP contribution in [0, 0.1) is 0 Å². The second-order valence-electron chi connectivity index (χ2n) is 3.82. The number of rotatable bonds is 1. The molecule has 0 radical (unpaired) electrons. The maximum atomic E-state index is 9.38. The summed E-state index contributed by atoms with van der Waals surface area (Å²) in [6.45, 7) is 0. The van der Waals surface area contributed by atoms with Gasteiger partial charge in [0.05, 0.1) is 17.4 Å².